The first kappa shape index (κ1) is 15.8. The molecule has 2 heterocycles. The van der Waals surface area contributed by atoms with Gasteiger partial charge in [0.2, 0.25) is 0 Å². The second-order valence-corrected chi connectivity index (χ2v) is 5.66. The summed E-state index contributed by atoms with van der Waals surface area (Å²) in [5.74, 6) is 0.373. The number of amides is 3. The third-order valence-electron chi connectivity index (χ3n) is 3.58. The van der Waals surface area contributed by atoms with E-state index in [0.29, 0.717) is 23.7 Å². The van der Waals surface area contributed by atoms with Crippen LogP contribution in [-0.4, -0.2) is 35.5 Å². The van der Waals surface area contributed by atoms with Crippen LogP contribution in [0.5, 0.6) is 5.75 Å². The number of pyridine rings is 1. The van der Waals surface area contributed by atoms with Crippen LogP contribution in [0.3, 0.4) is 0 Å². The van der Waals surface area contributed by atoms with Crippen molar-refractivity contribution in [3.8, 4) is 5.75 Å². The van der Waals surface area contributed by atoms with Gasteiger partial charge in [-0.2, -0.15) is 0 Å². The molecule has 1 aliphatic rings. The Hall–Kier alpha value is -3.09. The number of anilines is 2. The highest BCUT2D eigenvalue weighted by Crippen LogP contribution is 2.30. The molecule has 0 saturated carbocycles. The van der Waals surface area contributed by atoms with Gasteiger partial charge in [-0.15, -0.1) is 0 Å². The van der Waals surface area contributed by atoms with Gasteiger partial charge >= 0.3 is 6.03 Å². The fraction of sp³-hybridized carbons (Fsp3) is 0.235. The number of nitrogens with zero attached hydrogens (tertiary/aromatic N) is 2. The number of carbonyl (C=O) groups excluding carboxylic acids is 2. The van der Waals surface area contributed by atoms with Crippen LogP contribution in [0, 0.1) is 6.92 Å². The van der Waals surface area contributed by atoms with Gasteiger partial charge in [0.15, 0.2) is 6.61 Å². The molecule has 7 heteroatoms. The zero-order valence-electron chi connectivity index (χ0n) is 13.5. The van der Waals surface area contributed by atoms with E-state index in [2.05, 4.69) is 15.6 Å². The number of aromatic nitrogens is 1. The number of aryl methyl sites for hydroxylation is 1. The molecular weight excluding hydrogens is 308 g/mol. The molecule has 2 aromatic rings. The van der Waals surface area contributed by atoms with E-state index in [1.54, 1.807) is 31.4 Å². The molecule has 3 amide bonds. The number of carbonyl (C=O) groups is 2. The standard InChI is InChI=1S/C17H18N4O3/c1-11-3-4-13(18-8-11)9-21(2)17(23)19-12-5-6-15-14(7-12)20-16(22)10-24-15/h3-8H,9-10H2,1-2H3,(H,19,23)(H,20,22). The largest absolute Gasteiger partial charge is 0.482 e. The summed E-state index contributed by atoms with van der Waals surface area (Å²) >= 11 is 0. The molecule has 0 aliphatic carbocycles. The molecule has 0 atom stereocenters. The SMILES string of the molecule is Cc1ccc(CN(C)C(=O)Nc2ccc3c(c2)NC(=O)CO3)nc1. The number of rotatable bonds is 3. The first-order valence-corrected chi connectivity index (χ1v) is 7.51. The smallest absolute Gasteiger partial charge is 0.321 e. The molecule has 124 valence electrons. The Balaban J connectivity index is 1.64. The fourth-order valence-electron chi connectivity index (χ4n) is 2.29. The molecule has 0 spiro atoms. The molecule has 1 aromatic heterocycles. The van der Waals surface area contributed by atoms with Crippen molar-refractivity contribution >= 4 is 23.3 Å². The molecule has 0 bridgehead atoms. The Labute approximate surface area is 139 Å². The molecular formula is C17H18N4O3. The van der Waals surface area contributed by atoms with Crippen LogP contribution in [0.2, 0.25) is 0 Å². The summed E-state index contributed by atoms with van der Waals surface area (Å²) in [5, 5.41) is 5.50. The summed E-state index contributed by atoms with van der Waals surface area (Å²) in [6.07, 6.45) is 1.77. The van der Waals surface area contributed by atoms with Crippen molar-refractivity contribution in [3.63, 3.8) is 0 Å². The fourth-order valence-corrected chi connectivity index (χ4v) is 2.29. The van der Waals surface area contributed by atoms with Crippen LogP contribution >= 0.6 is 0 Å². The summed E-state index contributed by atoms with van der Waals surface area (Å²) < 4.78 is 5.29. The highest BCUT2D eigenvalue weighted by atomic mass is 16.5. The van der Waals surface area contributed by atoms with E-state index < -0.39 is 0 Å². The average molecular weight is 326 g/mol. The molecule has 2 N–H and O–H groups in total. The Morgan fingerprint density at radius 1 is 1.38 bits per heavy atom. The summed E-state index contributed by atoms with van der Waals surface area (Å²) in [4.78, 5) is 29.5. The highest BCUT2D eigenvalue weighted by Gasteiger charge is 2.17. The summed E-state index contributed by atoms with van der Waals surface area (Å²) in [5.41, 5.74) is 3.01. The van der Waals surface area contributed by atoms with Gasteiger partial charge in [0.1, 0.15) is 5.75 Å². The number of benzene rings is 1. The van der Waals surface area contributed by atoms with Crippen LogP contribution in [0.25, 0.3) is 0 Å². The minimum absolute atomic E-state index is 0.00495. The first-order valence-electron chi connectivity index (χ1n) is 7.51. The van der Waals surface area contributed by atoms with Gasteiger partial charge < -0.3 is 20.3 Å². The third kappa shape index (κ3) is 3.62. The number of nitrogens with one attached hydrogen (secondary N) is 2. The molecule has 1 aromatic carbocycles. The molecule has 0 radical (unpaired) electrons. The van der Waals surface area contributed by atoms with Gasteiger partial charge in [0, 0.05) is 18.9 Å². The Morgan fingerprint density at radius 3 is 2.96 bits per heavy atom. The predicted molar refractivity (Wildman–Crippen MR) is 90.0 cm³/mol. The predicted octanol–water partition coefficient (Wildman–Crippen LogP) is 2.38. The van der Waals surface area contributed by atoms with E-state index >= 15 is 0 Å². The minimum atomic E-state index is -0.264. The topological polar surface area (TPSA) is 83.6 Å². The molecule has 7 nitrogen and oxygen atoms in total. The van der Waals surface area contributed by atoms with Gasteiger partial charge in [-0.1, -0.05) is 6.07 Å². The summed E-state index contributed by atoms with van der Waals surface area (Å²) in [7, 11) is 1.69. The van der Waals surface area contributed by atoms with Crippen LogP contribution in [0.1, 0.15) is 11.3 Å². The number of hydrogen-bond donors (Lipinski definition) is 2. The van der Waals surface area contributed by atoms with Crippen molar-refractivity contribution in [3.05, 3.63) is 47.8 Å². The quantitative estimate of drug-likeness (QED) is 0.907. The van der Waals surface area contributed by atoms with Crippen molar-refractivity contribution in [2.75, 3.05) is 24.3 Å². The lowest BCUT2D eigenvalue weighted by Gasteiger charge is -2.20. The van der Waals surface area contributed by atoms with Crippen molar-refractivity contribution in [2.45, 2.75) is 13.5 Å². The third-order valence-corrected chi connectivity index (χ3v) is 3.58. The van der Waals surface area contributed by atoms with Crippen molar-refractivity contribution in [1.29, 1.82) is 0 Å². The first-order chi connectivity index (χ1) is 11.5. The van der Waals surface area contributed by atoms with Gasteiger partial charge in [-0.3, -0.25) is 9.78 Å². The molecule has 1 aliphatic heterocycles. The lowest BCUT2D eigenvalue weighted by molar-refractivity contribution is -0.118. The van der Waals surface area contributed by atoms with Crippen molar-refractivity contribution in [1.82, 2.24) is 9.88 Å². The van der Waals surface area contributed by atoms with Gasteiger partial charge in [0.25, 0.3) is 5.91 Å². The van der Waals surface area contributed by atoms with Gasteiger partial charge in [-0.25, -0.2) is 4.79 Å². The second-order valence-electron chi connectivity index (χ2n) is 5.66. The Kier molecular flexibility index (Phi) is 4.33. The lowest BCUT2D eigenvalue weighted by Crippen LogP contribution is -2.31. The monoisotopic (exact) mass is 326 g/mol. The molecule has 0 unspecified atom stereocenters. The molecule has 3 rings (SSSR count). The summed E-state index contributed by atoms with van der Waals surface area (Å²) in [6.45, 7) is 2.37. The zero-order valence-corrected chi connectivity index (χ0v) is 13.5. The number of fused-ring (bicyclic) bond motifs is 1. The van der Waals surface area contributed by atoms with Crippen molar-refractivity contribution in [2.24, 2.45) is 0 Å². The average Bonchev–Trinajstić information content (AvgIpc) is 2.56. The Bertz CT molecular complexity index is 774. The zero-order chi connectivity index (χ0) is 17.1. The minimum Gasteiger partial charge on any atom is -0.482 e. The lowest BCUT2D eigenvalue weighted by atomic mass is 10.2. The maximum atomic E-state index is 12.3. The van der Waals surface area contributed by atoms with Crippen LogP contribution < -0.4 is 15.4 Å². The van der Waals surface area contributed by atoms with E-state index in [4.69, 9.17) is 4.74 Å². The normalized spacial score (nSPS) is 12.7. The maximum Gasteiger partial charge on any atom is 0.321 e. The van der Waals surface area contributed by atoms with E-state index in [1.165, 1.54) is 4.90 Å². The number of urea groups is 1. The molecule has 24 heavy (non-hydrogen) atoms. The van der Waals surface area contributed by atoms with E-state index in [1.807, 2.05) is 19.1 Å². The van der Waals surface area contributed by atoms with E-state index in [0.717, 1.165) is 11.3 Å². The molecule has 0 saturated heterocycles. The summed E-state index contributed by atoms with van der Waals surface area (Å²) in [6, 6.07) is 8.70. The Morgan fingerprint density at radius 2 is 2.21 bits per heavy atom. The van der Waals surface area contributed by atoms with Crippen LogP contribution in [0.15, 0.2) is 36.5 Å². The van der Waals surface area contributed by atoms with Crippen molar-refractivity contribution < 1.29 is 14.3 Å². The number of ether oxygens (including phenoxy) is 1. The maximum absolute atomic E-state index is 12.3. The van der Waals surface area contributed by atoms with Crippen LogP contribution in [-0.2, 0) is 11.3 Å². The number of hydrogen-bond acceptors (Lipinski definition) is 4. The van der Waals surface area contributed by atoms with E-state index in [-0.39, 0.29) is 18.5 Å². The van der Waals surface area contributed by atoms with Gasteiger partial charge in [0.05, 0.1) is 17.9 Å². The van der Waals surface area contributed by atoms with Crippen LogP contribution in [0.4, 0.5) is 16.2 Å². The van der Waals surface area contributed by atoms with E-state index in [9.17, 15) is 9.59 Å². The van der Waals surface area contributed by atoms with Gasteiger partial charge in [-0.05, 0) is 36.8 Å². The second kappa shape index (κ2) is 6.57. The molecule has 0 fully saturated rings. The highest BCUT2D eigenvalue weighted by molar-refractivity contribution is 5.97.